The van der Waals surface area contributed by atoms with Crippen molar-refractivity contribution in [2.45, 2.75) is 6.54 Å². The van der Waals surface area contributed by atoms with E-state index in [2.05, 4.69) is 5.10 Å². The summed E-state index contributed by atoms with van der Waals surface area (Å²) in [7, 11) is 1.83. The molecule has 0 aliphatic rings. The van der Waals surface area contributed by atoms with E-state index in [4.69, 9.17) is 10.2 Å². The van der Waals surface area contributed by atoms with E-state index in [0.717, 1.165) is 5.69 Å². The SMILES string of the molecule is Cn1ccc(Cn2c(=O)oc3ccc(N)cc32)n1. The molecule has 2 aromatic heterocycles. The zero-order valence-electron chi connectivity index (χ0n) is 9.83. The first-order valence-corrected chi connectivity index (χ1v) is 5.51. The second-order valence-electron chi connectivity index (χ2n) is 4.16. The van der Waals surface area contributed by atoms with Crippen LogP contribution in [0.1, 0.15) is 5.69 Å². The van der Waals surface area contributed by atoms with Crippen LogP contribution in [0, 0.1) is 0 Å². The highest BCUT2D eigenvalue weighted by molar-refractivity contribution is 5.77. The molecule has 92 valence electrons. The van der Waals surface area contributed by atoms with E-state index in [9.17, 15) is 4.79 Å². The Balaban J connectivity index is 2.13. The van der Waals surface area contributed by atoms with E-state index < -0.39 is 5.76 Å². The molecule has 18 heavy (non-hydrogen) atoms. The smallest absolute Gasteiger partial charge is 0.408 e. The fraction of sp³-hybridized carbons (Fsp3) is 0.167. The molecule has 0 spiro atoms. The standard InChI is InChI=1S/C12H12N4O2/c1-15-5-4-9(14-15)7-16-10-6-8(13)2-3-11(10)18-12(16)17/h2-6H,7,13H2,1H3. The summed E-state index contributed by atoms with van der Waals surface area (Å²) in [5, 5.41) is 4.24. The van der Waals surface area contributed by atoms with Crippen LogP contribution < -0.4 is 11.5 Å². The molecule has 2 N–H and O–H groups in total. The number of nitrogens with zero attached hydrogens (tertiary/aromatic N) is 3. The average molecular weight is 244 g/mol. The van der Waals surface area contributed by atoms with Gasteiger partial charge in [0.2, 0.25) is 0 Å². The number of rotatable bonds is 2. The predicted molar refractivity (Wildman–Crippen MR) is 67.2 cm³/mol. The predicted octanol–water partition coefficient (Wildman–Crippen LogP) is 0.959. The Bertz CT molecular complexity index is 766. The van der Waals surface area contributed by atoms with Crippen molar-refractivity contribution >= 4 is 16.8 Å². The molecule has 6 heteroatoms. The maximum Gasteiger partial charge on any atom is 0.420 e. The second kappa shape index (κ2) is 3.76. The van der Waals surface area contributed by atoms with Crippen LogP contribution in [-0.2, 0) is 13.6 Å². The first kappa shape index (κ1) is 10.6. The largest absolute Gasteiger partial charge is 0.420 e. The lowest BCUT2D eigenvalue weighted by Gasteiger charge is -1.99. The van der Waals surface area contributed by atoms with E-state index in [0.29, 0.717) is 23.3 Å². The maximum atomic E-state index is 11.8. The molecular weight excluding hydrogens is 232 g/mol. The van der Waals surface area contributed by atoms with Crippen LogP contribution in [-0.4, -0.2) is 14.3 Å². The normalized spacial score (nSPS) is 11.2. The Hall–Kier alpha value is -2.50. The van der Waals surface area contributed by atoms with Crippen LogP contribution in [0.3, 0.4) is 0 Å². The fourth-order valence-corrected chi connectivity index (χ4v) is 1.94. The van der Waals surface area contributed by atoms with Gasteiger partial charge in [-0.2, -0.15) is 5.10 Å². The van der Waals surface area contributed by atoms with Gasteiger partial charge in [0.05, 0.1) is 17.8 Å². The van der Waals surface area contributed by atoms with Gasteiger partial charge >= 0.3 is 5.76 Å². The first-order chi connectivity index (χ1) is 8.63. The van der Waals surface area contributed by atoms with Gasteiger partial charge in [-0.15, -0.1) is 0 Å². The molecule has 0 aliphatic heterocycles. The molecule has 0 aliphatic carbocycles. The van der Waals surface area contributed by atoms with Crippen LogP contribution >= 0.6 is 0 Å². The van der Waals surface area contributed by atoms with Crippen LogP contribution in [0.15, 0.2) is 39.7 Å². The molecule has 0 bridgehead atoms. The Kier molecular flexibility index (Phi) is 2.22. The zero-order valence-corrected chi connectivity index (χ0v) is 9.83. The Morgan fingerprint density at radius 3 is 2.94 bits per heavy atom. The van der Waals surface area contributed by atoms with E-state index in [1.807, 2.05) is 19.3 Å². The van der Waals surface area contributed by atoms with E-state index in [1.165, 1.54) is 4.57 Å². The summed E-state index contributed by atoms with van der Waals surface area (Å²) in [6, 6.07) is 6.98. The van der Waals surface area contributed by atoms with Crippen LogP contribution in [0.5, 0.6) is 0 Å². The van der Waals surface area contributed by atoms with E-state index in [1.54, 1.807) is 22.9 Å². The number of nitrogens with two attached hydrogens (primary N) is 1. The van der Waals surface area contributed by atoms with Crippen LogP contribution in [0.4, 0.5) is 5.69 Å². The molecule has 1 aromatic carbocycles. The molecule has 0 saturated heterocycles. The van der Waals surface area contributed by atoms with E-state index >= 15 is 0 Å². The highest BCUT2D eigenvalue weighted by Gasteiger charge is 2.10. The van der Waals surface area contributed by atoms with Crippen LogP contribution in [0.25, 0.3) is 11.1 Å². The highest BCUT2D eigenvalue weighted by Crippen LogP contribution is 2.17. The fourth-order valence-electron chi connectivity index (χ4n) is 1.94. The minimum atomic E-state index is -0.402. The number of aromatic nitrogens is 3. The van der Waals surface area contributed by atoms with Crippen molar-refractivity contribution < 1.29 is 4.42 Å². The number of oxazole rings is 1. The van der Waals surface area contributed by atoms with Gasteiger partial charge in [0, 0.05) is 18.9 Å². The average Bonchev–Trinajstić information content (AvgIpc) is 2.86. The second-order valence-corrected chi connectivity index (χ2v) is 4.16. The molecule has 6 nitrogen and oxygen atoms in total. The number of benzene rings is 1. The summed E-state index contributed by atoms with van der Waals surface area (Å²) in [4.78, 5) is 11.8. The van der Waals surface area contributed by atoms with Gasteiger partial charge in [-0.3, -0.25) is 9.25 Å². The molecule has 0 amide bonds. The monoisotopic (exact) mass is 244 g/mol. The Morgan fingerprint density at radius 2 is 2.22 bits per heavy atom. The van der Waals surface area contributed by atoms with Gasteiger partial charge in [0.15, 0.2) is 5.58 Å². The van der Waals surface area contributed by atoms with Crippen molar-refractivity contribution in [2.24, 2.45) is 7.05 Å². The Labute approximate surface area is 102 Å². The van der Waals surface area contributed by atoms with Gasteiger partial charge in [0.25, 0.3) is 0 Å². The van der Waals surface area contributed by atoms with Gasteiger partial charge in [0.1, 0.15) is 0 Å². The Morgan fingerprint density at radius 1 is 1.39 bits per heavy atom. The van der Waals surface area contributed by atoms with E-state index in [-0.39, 0.29) is 0 Å². The number of anilines is 1. The molecule has 0 unspecified atom stereocenters. The van der Waals surface area contributed by atoms with Gasteiger partial charge in [-0.1, -0.05) is 0 Å². The topological polar surface area (TPSA) is 79.0 Å². The van der Waals surface area contributed by atoms with Gasteiger partial charge in [-0.05, 0) is 24.3 Å². The third kappa shape index (κ3) is 1.67. The maximum absolute atomic E-state index is 11.8. The minimum absolute atomic E-state index is 0.371. The molecule has 3 rings (SSSR count). The number of nitrogen functional groups attached to an aromatic ring is 1. The van der Waals surface area contributed by atoms with Crippen molar-refractivity contribution in [3.05, 3.63) is 46.7 Å². The number of hydrogen-bond donors (Lipinski definition) is 1. The van der Waals surface area contributed by atoms with Crippen molar-refractivity contribution in [1.29, 1.82) is 0 Å². The molecule has 0 atom stereocenters. The van der Waals surface area contributed by atoms with Crippen LogP contribution in [0.2, 0.25) is 0 Å². The van der Waals surface area contributed by atoms with Gasteiger partial charge in [-0.25, -0.2) is 4.79 Å². The van der Waals surface area contributed by atoms with Gasteiger partial charge < -0.3 is 10.2 Å². The number of fused-ring (bicyclic) bond motifs is 1. The highest BCUT2D eigenvalue weighted by atomic mass is 16.4. The first-order valence-electron chi connectivity index (χ1n) is 5.51. The molecular formula is C12H12N4O2. The summed E-state index contributed by atoms with van der Waals surface area (Å²) in [5.74, 6) is -0.402. The summed E-state index contributed by atoms with van der Waals surface area (Å²) in [6.45, 7) is 0.371. The lowest BCUT2D eigenvalue weighted by atomic mass is 10.3. The molecule has 0 saturated carbocycles. The number of hydrogen-bond acceptors (Lipinski definition) is 4. The summed E-state index contributed by atoms with van der Waals surface area (Å²) in [6.07, 6.45) is 1.83. The summed E-state index contributed by atoms with van der Waals surface area (Å²) in [5.41, 5.74) is 8.33. The summed E-state index contributed by atoms with van der Waals surface area (Å²) < 4.78 is 8.36. The van der Waals surface area contributed by atoms with Crippen molar-refractivity contribution in [1.82, 2.24) is 14.3 Å². The lowest BCUT2D eigenvalue weighted by Crippen LogP contribution is -2.15. The van der Waals surface area contributed by atoms with Crippen molar-refractivity contribution in [2.75, 3.05) is 5.73 Å². The van der Waals surface area contributed by atoms with Crippen molar-refractivity contribution in [3.63, 3.8) is 0 Å². The summed E-state index contributed by atoms with van der Waals surface area (Å²) >= 11 is 0. The minimum Gasteiger partial charge on any atom is -0.408 e. The molecule has 2 heterocycles. The zero-order chi connectivity index (χ0) is 12.7. The quantitative estimate of drug-likeness (QED) is 0.681. The third-order valence-corrected chi connectivity index (χ3v) is 2.78. The van der Waals surface area contributed by atoms with Crippen molar-refractivity contribution in [3.8, 4) is 0 Å². The molecule has 0 radical (unpaired) electrons. The molecule has 3 aromatic rings. The third-order valence-electron chi connectivity index (χ3n) is 2.78. The number of aryl methyl sites for hydroxylation is 1. The molecule has 0 fully saturated rings. The lowest BCUT2D eigenvalue weighted by molar-refractivity contribution is 0.515.